The third-order valence-corrected chi connectivity index (χ3v) is 3.54. The lowest BCUT2D eigenvalue weighted by Gasteiger charge is -2.22. The van der Waals surface area contributed by atoms with E-state index < -0.39 is 10.3 Å². The molecule has 0 aliphatic rings. The monoisotopic (exact) mass is 292 g/mol. The highest BCUT2D eigenvalue weighted by Crippen LogP contribution is 2.26. The fourth-order valence-corrected chi connectivity index (χ4v) is 2.28. The molecule has 0 spiro atoms. The number of aliphatic hydroxyl groups excluding tert-OH is 1. The average Bonchev–Trinajstić information content (AvgIpc) is 2.70. The van der Waals surface area contributed by atoms with Crippen LogP contribution in [0.1, 0.15) is 12.5 Å². The summed E-state index contributed by atoms with van der Waals surface area (Å²) in [5.41, 5.74) is 1.01. The highest BCUT2D eigenvalue weighted by Gasteiger charge is 2.36. The number of hydrogen-bond acceptors (Lipinski definition) is 4. The smallest absolute Gasteiger partial charge is 0.325 e. The molecule has 0 saturated heterocycles. The van der Waals surface area contributed by atoms with Crippen LogP contribution in [0.2, 0.25) is 0 Å². The molecule has 1 atom stereocenters. The van der Waals surface area contributed by atoms with Gasteiger partial charge in [-0.2, -0.15) is 11.3 Å². The first kappa shape index (κ1) is 12.7. The molecule has 84 valence electrons. The minimum absolute atomic E-state index is 0.276. The maximum Gasteiger partial charge on any atom is 0.325 e. The summed E-state index contributed by atoms with van der Waals surface area (Å²) in [4.78, 5) is 11.6. The topological polar surface area (TPSA) is 46.5 Å². The third kappa shape index (κ3) is 3.29. The van der Waals surface area contributed by atoms with E-state index in [4.69, 9.17) is 4.74 Å². The van der Waals surface area contributed by atoms with Crippen molar-refractivity contribution in [1.82, 2.24) is 0 Å². The summed E-state index contributed by atoms with van der Waals surface area (Å²) in [5, 5.41) is 13.1. The number of halogens is 1. The predicted molar refractivity (Wildman–Crippen MR) is 63.4 cm³/mol. The van der Waals surface area contributed by atoms with Gasteiger partial charge in [-0.25, -0.2) is 0 Å². The Balaban J connectivity index is 2.72. The largest absolute Gasteiger partial charge is 0.465 e. The van der Waals surface area contributed by atoms with E-state index in [1.165, 1.54) is 0 Å². The van der Waals surface area contributed by atoms with Crippen LogP contribution >= 0.6 is 27.3 Å². The molecule has 1 heterocycles. The summed E-state index contributed by atoms with van der Waals surface area (Å²) in [6.45, 7) is 1.78. The van der Waals surface area contributed by atoms with Crippen LogP contribution in [0, 0.1) is 0 Å². The second-order valence-electron chi connectivity index (χ2n) is 3.15. The first-order valence-corrected chi connectivity index (χ1v) is 6.34. The first-order valence-electron chi connectivity index (χ1n) is 4.60. The van der Waals surface area contributed by atoms with Crippen LogP contribution in [-0.2, 0) is 16.0 Å². The SMILES string of the molecule is CCOC(=O)[C@](Br)(CO)Cc1ccsc1. The second-order valence-corrected chi connectivity index (χ2v) is 5.45. The van der Waals surface area contributed by atoms with Crippen LogP contribution in [0.15, 0.2) is 16.8 Å². The maximum absolute atomic E-state index is 11.6. The highest BCUT2D eigenvalue weighted by atomic mass is 79.9. The zero-order valence-corrected chi connectivity index (χ0v) is 10.8. The van der Waals surface area contributed by atoms with Gasteiger partial charge in [0, 0.05) is 6.42 Å². The van der Waals surface area contributed by atoms with E-state index in [0.29, 0.717) is 13.0 Å². The number of aliphatic hydroxyl groups is 1. The van der Waals surface area contributed by atoms with Crippen molar-refractivity contribution >= 4 is 33.2 Å². The van der Waals surface area contributed by atoms with Crippen molar-refractivity contribution in [2.45, 2.75) is 17.7 Å². The fraction of sp³-hybridized carbons (Fsp3) is 0.500. The lowest BCUT2D eigenvalue weighted by atomic mass is 10.0. The maximum atomic E-state index is 11.6. The van der Waals surface area contributed by atoms with Gasteiger partial charge in [0.2, 0.25) is 0 Å². The molecule has 1 N–H and O–H groups in total. The van der Waals surface area contributed by atoms with Crippen molar-refractivity contribution in [3.63, 3.8) is 0 Å². The van der Waals surface area contributed by atoms with Gasteiger partial charge < -0.3 is 9.84 Å². The van der Waals surface area contributed by atoms with Crippen molar-refractivity contribution in [3.8, 4) is 0 Å². The van der Waals surface area contributed by atoms with Crippen LogP contribution in [0.3, 0.4) is 0 Å². The van der Waals surface area contributed by atoms with Crippen molar-refractivity contribution in [2.75, 3.05) is 13.2 Å². The van der Waals surface area contributed by atoms with Crippen LogP contribution in [0.5, 0.6) is 0 Å². The van der Waals surface area contributed by atoms with Crippen LogP contribution < -0.4 is 0 Å². The van der Waals surface area contributed by atoms with Gasteiger partial charge in [-0.15, -0.1) is 0 Å². The molecule has 1 aromatic rings. The minimum atomic E-state index is -1.01. The van der Waals surface area contributed by atoms with E-state index in [-0.39, 0.29) is 6.61 Å². The van der Waals surface area contributed by atoms with E-state index in [1.54, 1.807) is 18.3 Å². The summed E-state index contributed by atoms with van der Waals surface area (Å²) in [6.07, 6.45) is 0.436. The Kier molecular flexibility index (Phi) is 4.76. The number of ether oxygens (including phenoxy) is 1. The van der Waals surface area contributed by atoms with E-state index in [0.717, 1.165) is 5.56 Å². The molecule has 0 aliphatic carbocycles. The molecular weight excluding hydrogens is 280 g/mol. The van der Waals surface area contributed by atoms with Gasteiger partial charge in [-0.3, -0.25) is 4.79 Å². The molecule has 0 bridgehead atoms. The van der Waals surface area contributed by atoms with Gasteiger partial charge >= 0.3 is 5.97 Å². The van der Waals surface area contributed by atoms with Gasteiger partial charge in [0.1, 0.15) is 4.32 Å². The molecule has 0 aliphatic heterocycles. The Morgan fingerprint density at radius 2 is 2.47 bits per heavy atom. The first-order chi connectivity index (χ1) is 7.12. The predicted octanol–water partition coefficient (Wildman–Crippen LogP) is 1.98. The quantitative estimate of drug-likeness (QED) is 0.667. The Labute approximate surface area is 101 Å². The summed E-state index contributed by atoms with van der Waals surface area (Å²) in [6, 6.07) is 1.93. The Bertz CT molecular complexity index is 312. The number of hydrogen-bond donors (Lipinski definition) is 1. The number of esters is 1. The molecule has 5 heteroatoms. The zero-order chi connectivity index (χ0) is 11.3. The fourth-order valence-electron chi connectivity index (χ4n) is 1.17. The van der Waals surface area contributed by atoms with Crippen molar-refractivity contribution in [1.29, 1.82) is 0 Å². The Hall–Kier alpha value is -0.390. The highest BCUT2D eigenvalue weighted by molar-refractivity contribution is 9.10. The van der Waals surface area contributed by atoms with Crippen LogP contribution in [0.4, 0.5) is 0 Å². The number of thiophene rings is 1. The molecule has 3 nitrogen and oxygen atoms in total. The van der Waals surface area contributed by atoms with Gasteiger partial charge in [0.25, 0.3) is 0 Å². The van der Waals surface area contributed by atoms with Gasteiger partial charge in [-0.1, -0.05) is 15.9 Å². The lowest BCUT2D eigenvalue weighted by Crippen LogP contribution is -2.39. The molecule has 0 fully saturated rings. The average molecular weight is 293 g/mol. The lowest BCUT2D eigenvalue weighted by molar-refractivity contribution is -0.146. The van der Waals surface area contributed by atoms with Crippen molar-refractivity contribution in [3.05, 3.63) is 22.4 Å². The zero-order valence-electron chi connectivity index (χ0n) is 8.40. The molecular formula is C10H13BrO3S. The molecule has 1 aromatic heterocycles. The minimum Gasteiger partial charge on any atom is -0.465 e. The van der Waals surface area contributed by atoms with E-state index in [1.807, 2.05) is 16.8 Å². The number of rotatable bonds is 5. The standard InChI is InChI=1S/C10H13BrO3S/c1-2-14-9(13)10(11,7-12)5-8-3-4-15-6-8/h3-4,6,12H,2,5,7H2,1H3/t10-/m1/s1. The summed E-state index contributed by atoms with van der Waals surface area (Å²) < 4.78 is 3.89. The molecule has 0 unspecified atom stereocenters. The number of carbonyl (C=O) groups excluding carboxylic acids is 1. The number of carbonyl (C=O) groups is 1. The number of alkyl halides is 1. The van der Waals surface area contributed by atoms with E-state index in [9.17, 15) is 9.90 Å². The molecule has 0 amide bonds. The Morgan fingerprint density at radius 3 is 2.93 bits per heavy atom. The molecule has 15 heavy (non-hydrogen) atoms. The molecule has 0 saturated carbocycles. The molecule has 0 radical (unpaired) electrons. The molecule has 1 rings (SSSR count). The van der Waals surface area contributed by atoms with Gasteiger partial charge in [-0.05, 0) is 29.3 Å². The summed E-state index contributed by atoms with van der Waals surface area (Å²) >= 11 is 4.81. The van der Waals surface area contributed by atoms with Crippen LogP contribution in [-0.4, -0.2) is 28.6 Å². The van der Waals surface area contributed by atoms with Gasteiger partial charge in [0.05, 0.1) is 13.2 Å². The van der Waals surface area contributed by atoms with E-state index in [2.05, 4.69) is 15.9 Å². The third-order valence-electron chi connectivity index (χ3n) is 1.96. The van der Waals surface area contributed by atoms with Crippen molar-refractivity contribution < 1.29 is 14.6 Å². The normalized spacial score (nSPS) is 14.6. The summed E-state index contributed by atoms with van der Waals surface area (Å²) in [5.74, 6) is -0.418. The molecule has 0 aromatic carbocycles. The Morgan fingerprint density at radius 1 is 1.73 bits per heavy atom. The van der Waals surface area contributed by atoms with E-state index >= 15 is 0 Å². The van der Waals surface area contributed by atoms with Crippen molar-refractivity contribution in [2.24, 2.45) is 0 Å². The van der Waals surface area contributed by atoms with Crippen LogP contribution in [0.25, 0.3) is 0 Å². The van der Waals surface area contributed by atoms with Gasteiger partial charge in [0.15, 0.2) is 0 Å². The second kappa shape index (κ2) is 5.63. The summed E-state index contributed by atoms with van der Waals surface area (Å²) in [7, 11) is 0.